The minimum atomic E-state index is -1.72. The van der Waals surface area contributed by atoms with E-state index in [1.165, 1.54) is 0 Å². The Kier molecular flexibility index (Phi) is 11.1. The number of aromatic nitrogens is 1. The van der Waals surface area contributed by atoms with Crippen molar-refractivity contribution in [3.8, 4) is 17.6 Å². The highest BCUT2D eigenvalue weighted by Gasteiger charge is 2.74. The first-order valence-corrected chi connectivity index (χ1v) is 19.4. The lowest BCUT2D eigenvalue weighted by atomic mass is 9.65. The number of urea groups is 1. The molecule has 6 N–H and O–H groups in total. The number of benzene rings is 4. The average molecular weight is 791 g/mol. The second-order valence-electron chi connectivity index (χ2n) is 14.5. The molecule has 5 aromatic rings. The lowest BCUT2D eigenvalue weighted by molar-refractivity contribution is -0.178. The van der Waals surface area contributed by atoms with Gasteiger partial charge in [0.25, 0.3) is 0 Å². The lowest BCUT2D eigenvalue weighted by Crippen LogP contribution is -2.55. The molecule has 13 heteroatoms. The summed E-state index contributed by atoms with van der Waals surface area (Å²) in [5.41, 5.74) is 7.98. The summed E-state index contributed by atoms with van der Waals surface area (Å²) in [5.74, 6) is 3.53. The second kappa shape index (κ2) is 16.8. The molecular formula is C46H42N6O7. The summed E-state index contributed by atoms with van der Waals surface area (Å²) in [6.07, 6.45) is 1.27. The maximum Gasteiger partial charge on any atom is 0.324 e. The molecular weight excluding hydrogens is 749 g/mol. The Morgan fingerprint density at radius 1 is 0.881 bits per heavy atom. The predicted octanol–water partition coefficient (Wildman–Crippen LogP) is 4.10. The summed E-state index contributed by atoms with van der Waals surface area (Å²) in [7, 11) is 0. The lowest BCUT2D eigenvalue weighted by Gasteiger charge is -2.46. The van der Waals surface area contributed by atoms with Crippen LogP contribution in [0.4, 0.5) is 10.5 Å². The van der Waals surface area contributed by atoms with E-state index < -0.39 is 59.4 Å². The monoisotopic (exact) mass is 790 g/mol. The maximum atomic E-state index is 15.3. The Hall–Kier alpha value is -7.01. The molecule has 3 aliphatic rings. The van der Waals surface area contributed by atoms with Gasteiger partial charge in [-0.25, -0.2) is 4.79 Å². The van der Waals surface area contributed by atoms with Crippen LogP contribution in [0.25, 0.3) is 0 Å². The summed E-state index contributed by atoms with van der Waals surface area (Å²) in [5, 5.41) is 18.1. The van der Waals surface area contributed by atoms with Crippen molar-refractivity contribution in [3.05, 3.63) is 161 Å². The zero-order valence-electron chi connectivity index (χ0n) is 31.9. The van der Waals surface area contributed by atoms with Gasteiger partial charge in [0.05, 0.1) is 31.2 Å². The molecule has 0 saturated carbocycles. The van der Waals surface area contributed by atoms with E-state index in [1.54, 1.807) is 36.5 Å². The summed E-state index contributed by atoms with van der Waals surface area (Å²) in [6.45, 7) is 0.0809. The Morgan fingerprint density at radius 2 is 1.61 bits per heavy atom. The Bertz CT molecular complexity index is 2410. The number of rotatable bonds is 11. The smallest absolute Gasteiger partial charge is 0.324 e. The Balaban J connectivity index is 1.36. The largest absolute Gasteiger partial charge is 0.491 e. The van der Waals surface area contributed by atoms with Crippen LogP contribution < -0.4 is 26.4 Å². The van der Waals surface area contributed by atoms with Crippen LogP contribution in [0.5, 0.6) is 5.75 Å². The van der Waals surface area contributed by atoms with Crippen molar-refractivity contribution in [3.63, 3.8) is 0 Å². The quantitative estimate of drug-likeness (QED) is 0.0971. The summed E-state index contributed by atoms with van der Waals surface area (Å²) in [4.78, 5) is 63.2. The van der Waals surface area contributed by atoms with Gasteiger partial charge in [-0.15, -0.1) is 0 Å². The van der Waals surface area contributed by atoms with Gasteiger partial charge in [-0.05, 0) is 64.7 Å². The minimum absolute atomic E-state index is 0.00923. The number of carbonyl (C=O) groups is 4. The van der Waals surface area contributed by atoms with Gasteiger partial charge in [0.1, 0.15) is 29.9 Å². The van der Waals surface area contributed by atoms with E-state index in [9.17, 15) is 14.7 Å². The van der Waals surface area contributed by atoms with Gasteiger partial charge >= 0.3 is 12.0 Å². The molecule has 1 spiro atoms. The maximum absolute atomic E-state index is 15.3. The topological polar surface area (TPSA) is 185 Å². The van der Waals surface area contributed by atoms with Gasteiger partial charge < -0.3 is 36.3 Å². The predicted molar refractivity (Wildman–Crippen MR) is 218 cm³/mol. The Labute approximate surface area is 340 Å². The Morgan fingerprint density at radius 3 is 2.31 bits per heavy atom. The number of esters is 1. The van der Waals surface area contributed by atoms with Crippen LogP contribution in [0.3, 0.4) is 0 Å². The molecule has 0 aliphatic carbocycles. The first-order chi connectivity index (χ1) is 28.8. The zero-order chi connectivity index (χ0) is 40.9. The van der Waals surface area contributed by atoms with Crippen LogP contribution in [-0.2, 0) is 31.0 Å². The molecule has 8 rings (SSSR count). The van der Waals surface area contributed by atoms with E-state index in [0.29, 0.717) is 34.5 Å². The molecule has 3 aliphatic heterocycles. The number of pyridine rings is 1. The van der Waals surface area contributed by atoms with E-state index >= 15 is 9.59 Å². The average Bonchev–Trinajstić information content (AvgIpc) is 3.74. The highest BCUT2D eigenvalue weighted by Crippen LogP contribution is 2.64. The van der Waals surface area contributed by atoms with Crippen molar-refractivity contribution in [1.82, 2.24) is 20.5 Å². The fourth-order valence-corrected chi connectivity index (χ4v) is 8.83. The number of cyclic esters (lactones) is 1. The van der Waals surface area contributed by atoms with E-state index in [4.69, 9.17) is 15.2 Å². The third-order valence-corrected chi connectivity index (χ3v) is 11.1. The number of anilines is 1. The van der Waals surface area contributed by atoms with Crippen LogP contribution in [0.2, 0.25) is 0 Å². The molecule has 0 radical (unpaired) electrons. The number of primary amides is 1. The number of ether oxygens (including phenoxy) is 2. The number of aliphatic hydroxyl groups is 1. The van der Waals surface area contributed by atoms with Crippen molar-refractivity contribution in [2.75, 3.05) is 31.6 Å². The first kappa shape index (κ1) is 38.8. The van der Waals surface area contributed by atoms with Gasteiger partial charge in [-0.1, -0.05) is 90.7 Å². The van der Waals surface area contributed by atoms with Gasteiger partial charge in [0, 0.05) is 36.1 Å². The van der Waals surface area contributed by atoms with Crippen molar-refractivity contribution in [2.24, 2.45) is 11.7 Å². The number of amides is 4. The summed E-state index contributed by atoms with van der Waals surface area (Å²) < 4.78 is 12.2. The molecule has 4 aromatic carbocycles. The highest BCUT2D eigenvalue weighted by molar-refractivity contribution is 6.12. The van der Waals surface area contributed by atoms with Crippen LogP contribution in [0.15, 0.2) is 128 Å². The molecule has 0 unspecified atom stereocenters. The molecule has 13 nitrogen and oxygen atoms in total. The van der Waals surface area contributed by atoms with Gasteiger partial charge in [0.15, 0.2) is 0 Å². The summed E-state index contributed by atoms with van der Waals surface area (Å²) in [6, 6.07) is 33.5. The number of nitrogens with zero attached hydrogens (tertiary/aromatic N) is 2. The second-order valence-corrected chi connectivity index (χ2v) is 14.5. The zero-order valence-corrected chi connectivity index (χ0v) is 31.9. The molecule has 4 amide bonds. The van der Waals surface area contributed by atoms with Crippen LogP contribution in [0.1, 0.15) is 51.7 Å². The molecule has 2 fully saturated rings. The fourth-order valence-electron chi connectivity index (χ4n) is 8.83. The SMILES string of the molecule is NC(=O)NCC#Cc1ccc2c(c1)[C@]1(C(=O)N2)[C@H](c2ccc(OCCO)cc2)N2[C@H](c3ccccc3)[C@H](c3ccccc3)OC(=O)[C@H]2[C@@H]1C(=O)NCCc1ccccn1. The number of nitrogens with one attached hydrogen (secondary N) is 3. The molecule has 6 atom stereocenters. The van der Waals surface area contributed by atoms with Gasteiger partial charge in [-0.2, -0.15) is 0 Å². The van der Waals surface area contributed by atoms with Crippen LogP contribution in [-0.4, -0.2) is 71.2 Å². The number of aliphatic hydroxyl groups excluding tert-OH is 1. The van der Waals surface area contributed by atoms with Crippen molar-refractivity contribution in [2.45, 2.75) is 36.1 Å². The minimum Gasteiger partial charge on any atom is -0.491 e. The van der Waals surface area contributed by atoms with Gasteiger partial charge in [0.2, 0.25) is 11.8 Å². The highest BCUT2D eigenvalue weighted by atomic mass is 16.6. The molecule has 59 heavy (non-hydrogen) atoms. The standard InChI is InChI=1S/C46H42N6O7/c47-45(57)50-24-9-10-29-16-21-36-35(28-29)46(44(56)51-36)37(42(54)49-25-22-33-15-7-8-23-48-33)39-43(55)59-40(31-13-5-2-6-14-31)38(30-11-3-1-4-12-30)52(39)41(46)32-17-19-34(20-18-32)58-27-26-53/h1-8,11-21,23,28,37-41,53H,22,24-27H2,(H,49,54)(H,51,56)(H3,47,50,57)/t37-,38-,39-,40+,41+,46-/m1/s1. The number of fused-ring (bicyclic) bond motifs is 3. The number of carbonyl (C=O) groups excluding carboxylic acids is 4. The van der Waals surface area contributed by atoms with E-state index in [2.05, 4.69) is 32.8 Å². The number of nitrogens with two attached hydrogens (primary N) is 1. The van der Waals surface area contributed by atoms with Gasteiger partial charge in [-0.3, -0.25) is 24.3 Å². The summed E-state index contributed by atoms with van der Waals surface area (Å²) >= 11 is 0. The van der Waals surface area contributed by atoms with Crippen molar-refractivity contribution in [1.29, 1.82) is 0 Å². The third kappa shape index (κ3) is 7.36. The molecule has 1 aromatic heterocycles. The fraction of sp³-hybridized carbons (Fsp3) is 0.239. The van der Waals surface area contributed by atoms with E-state index in [1.807, 2.05) is 95.9 Å². The first-order valence-electron chi connectivity index (χ1n) is 19.4. The van der Waals surface area contributed by atoms with Crippen molar-refractivity contribution >= 4 is 29.5 Å². The normalized spacial score (nSPS) is 22.9. The van der Waals surface area contributed by atoms with Crippen molar-refractivity contribution < 1.29 is 33.8 Å². The number of hydrogen-bond acceptors (Lipinski definition) is 9. The third-order valence-electron chi connectivity index (χ3n) is 11.1. The number of hydrogen-bond donors (Lipinski definition) is 5. The molecule has 4 heterocycles. The molecule has 0 bridgehead atoms. The van der Waals surface area contributed by atoms with E-state index in [0.717, 1.165) is 16.8 Å². The number of morpholine rings is 1. The molecule has 2 saturated heterocycles. The van der Waals surface area contributed by atoms with Crippen LogP contribution in [0, 0.1) is 17.8 Å². The molecule has 298 valence electrons. The van der Waals surface area contributed by atoms with Crippen LogP contribution >= 0.6 is 0 Å². The van der Waals surface area contributed by atoms with E-state index in [-0.39, 0.29) is 26.3 Å².